The van der Waals surface area contributed by atoms with E-state index < -0.39 is 0 Å². The number of nitrogens with one attached hydrogen (secondary N) is 1. The largest absolute Gasteiger partial charge is 0.496 e. The normalized spacial score (nSPS) is 10.0. The number of amides is 1. The standard InChI is InChI=1S/C15H16N2O2/c1-3-16-15(18)13-9-8-11(10-17-13)12-6-4-5-7-14(12)19-2/h4-10H,3H2,1-2H3,(H,16,18). The van der Waals surface area contributed by atoms with Crippen LogP contribution in [-0.4, -0.2) is 24.5 Å². The molecule has 19 heavy (non-hydrogen) atoms. The van der Waals surface area contributed by atoms with Crippen LogP contribution in [0.5, 0.6) is 5.75 Å². The molecule has 0 radical (unpaired) electrons. The molecule has 4 heteroatoms. The Balaban J connectivity index is 2.30. The second kappa shape index (κ2) is 6.00. The lowest BCUT2D eigenvalue weighted by atomic mass is 10.1. The van der Waals surface area contributed by atoms with Gasteiger partial charge in [0.2, 0.25) is 0 Å². The fraction of sp³-hybridized carbons (Fsp3) is 0.200. The minimum absolute atomic E-state index is 0.158. The van der Waals surface area contributed by atoms with Gasteiger partial charge in [-0.1, -0.05) is 24.3 Å². The molecule has 0 aliphatic carbocycles. The van der Waals surface area contributed by atoms with Crippen LogP contribution in [0.3, 0.4) is 0 Å². The van der Waals surface area contributed by atoms with E-state index >= 15 is 0 Å². The predicted octanol–water partition coefficient (Wildman–Crippen LogP) is 2.51. The van der Waals surface area contributed by atoms with Crippen LogP contribution in [0.2, 0.25) is 0 Å². The summed E-state index contributed by atoms with van der Waals surface area (Å²) in [5.41, 5.74) is 2.30. The first-order chi connectivity index (χ1) is 9.26. The highest BCUT2D eigenvalue weighted by atomic mass is 16.5. The van der Waals surface area contributed by atoms with Crippen LogP contribution in [0, 0.1) is 0 Å². The zero-order chi connectivity index (χ0) is 13.7. The molecule has 1 aromatic carbocycles. The van der Waals surface area contributed by atoms with E-state index in [1.807, 2.05) is 37.3 Å². The number of nitrogens with zero attached hydrogens (tertiary/aromatic N) is 1. The van der Waals surface area contributed by atoms with Gasteiger partial charge in [0.1, 0.15) is 11.4 Å². The number of pyridine rings is 1. The molecule has 0 fully saturated rings. The summed E-state index contributed by atoms with van der Waals surface area (Å²) in [5.74, 6) is 0.629. The highest BCUT2D eigenvalue weighted by Crippen LogP contribution is 2.28. The van der Waals surface area contributed by atoms with Crippen LogP contribution in [0.15, 0.2) is 42.6 Å². The first-order valence-electron chi connectivity index (χ1n) is 6.14. The number of carbonyl (C=O) groups is 1. The van der Waals surface area contributed by atoms with Gasteiger partial charge in [-0.3, -0.25) is 9.78 Å². The molecular formula is C15H16N2O2. The van der Waals surface area contributed by atoms with Crippen LogP contribution >= 0.6 is 0 Å². The van der Waals surface area contributed by atoms with Crippen LogP contribution in [0.1, 0.15) is 17.4 Å². The number of ether oxygens (including phenoxy) is 1. The van der Waals surface area contributed by atoms with Gasteiger partial charge in [0.15, 0.2) is 0 Å². The monoisotopic (exact) mass is 256 g/mol. The fourth-order valence-electron chi connectivity index (χ4n) is 1.82. The van der Waals surface area contributed by atoms with Crippen molar-refractivity contribution in [2.45, 2.75) is 6.92 Å². The van der Waals surface area contributed by atoms with Crippen molar-refractivity contribution in [3.05, 3.63) is 48.3 Å². The fourth-order valence-corrected chi connectivity index (χ4v) is 1.82. The molecule has 0 spiro atoms. The van der Waals surface area contributed by atoms with Crippen LogP contribution in [-0.2, 0) is 0 Å². The van der Waals surface area contributed by atoms with E-state index in [9.17, 15) is 4.79 Å². The molecule has 2 rings (SSSR count). The van der Waals surface area contributed by atoms with E-state index in [0.29, 0.717) is 12.2 Å². The number of hydrogen-bond acceptors (Lipinski definition) is 3. The van der Waals surface area contributed by atoms with E-state index in [2.05, 4.69) is 10.3 Å². The molecule has 4 nitrogen and oxygen atoms in total. The first kappa shape index (κ1) is 13.1. The lowest BCUT2D eigenvalue weighted by molar-refractivity contribution is 0.0951. The third-order valence-electron chi connectivity index (χ3n) is 2.75. The number of carbonyl (C=O) groups excluding carboxylic acids is 1. The van der Waals surface area contributed by atoms with Gasteiger partial charge in [0.25, 0.3) is 5.91 Å². The van der Waals surface area contributed by atoms with Gasteiger partial charge >= 0.3 is 0 Å². The number of methoxy groups -OCH3 is 1. The quantitative estimate of drug-likeness (QED) is 0.914. The second-order valence-electron chi connectivity index (χ2n) is 3.99. The lowest BCUT2D eigenvalue weighted by Crippen LogP contribution is -2.23. The molecule has 1 amide bonds. The van der Waals surface area contributed by atoms with E-state index in [1.165, 1.54) is 0 Å². The first-order valence-corrected chi connectivity index (χ1v) is 6.14. The predicted molar refractivity (Wildman–Crippen MR) is 74.2 cm³/mol. The maximum Gasteiger partial charge on any atom is 0.269 e. The SMILES string of the molecule is CCNC(=O)c1ccc(-c2ccccc2OC)cn1. The van der Waals surface area contributed by atoms with Gasteiger partial charge in [-0.25, -0.2) is 0 Å². The summed E-state index contributed by atoms with van der Waals surface area (Å²) in [7, 11) is 1.63. The number of rotatable bonds is 4. The average molecular weight is 256 g/mol. The van der Waals surface area contributed by atoms with E-state index in [-0.39, 0.29) is 5.91 Å². The second-order valence-corrected chi connectivity index (χ2v) is 3.99. The summed E-state index contributed by atoms with van der Waals surface area (Å²) in [6.45, 7) is 2.47. The molecule has 0 unspecified atom stereocenters. The van der Waals surface area contributed by atoms with Crippen molar-refractivity contribution in [2.24, 2.45) is 0 Å². The van der Waals surface area contributed by atoms with Crippen LogP contribution in [0.25, 0.3) is 11.1 Å². The molecule has 1 aromatic heterocycles. The Hall–Kier alpha value is -2.36. The van der Waals surface area contributed by atoms with Gasteiger partial charge in [0.05, 0.1) is 7.11 Å². The molecule has 98 valence electrons. The zero-order valence-corrected chi connectivity index (χ0v) is 11.0. The average Bonchev–Trinajstić information content (AvgIpc) is 2.47. The molecule has 2 aromatic rings. The third kappa shape index (κ3) is 2.91. The minimum atomic E-state index is -0.158. The zero-order valence-electron chi connectivity index (χ0n) is 11.0. The van der Waals surface area contributed by atoms with Crippen molar-refractivity contribution >= 4 is 5.91 Å². The summed E-state index contributed by atoms with van der Waals surface area (Å²) in [5, 5.41) is 2.72. The van der Waals surface area contributed by atoms with Gasteiger partial charge in [0, 0.05) is 23.9 Å². The van der Waals surface area contributed by atoms with Crippen molar-refractivity contribution in [1.82, 2.24) is 10.3 Å². The number of para-hydroxylation sites is 1. The number of aromatic nitrogens is 1. The van der Waals surface area contributed by atoms with Crippen molar-refractivity contribution in [3.8, 4) is 16.9 Å². The Morgan fingerprint density at radius 3 is 2.68 bits per heavy atom. The molecule has 0 bridgehead atoms. The maximum atomic E-state index is 11.6. The Bertz CT molecular complexity index is 565. The number of benzene rings is 1. The summed E-state index contributed by atoms with van der Waals surface area (Å²) in [4.78, 5) is 15.8. The third-order valence-corrected chi connectivity index (χ3v) is 2.75. The Kier molecular flexibility index (Phi) is 4.13. The molecular weight excluding hydrogens is 240 g/mol. The van der Waals surface area contributed by atoms with E-state index in [0.717, 1.165) is 16.9 Å². The summed E-state index contributed by atoms with van der Waals surface area (Å²) >= 11 is 0. The Labute approximate surface area is 112 Å². The van der Waals surface area contributed by atoms with Gasteiger partial charge < -0.3 is 10.1 Å². The Morgan fingerprint density at radius 1 is 1.26 bits per heavy atom. The maximum absolute atomic E-state index is 11.6. The molecule has 0 atom stereocenters. The van der Waals surface area contributed by atoms with Gasteiger partial charge in [-0.2, -0.15) is 0 Å². The molecule has 1 N–H and O–H groups in total. The summed E-state index contributed by atoms with van der Waals surface area (Å²) in [6, 6.07) is 11.3. The molecule has 0 saturated carbocycles. The van der Waals surface area contributed by atoms with Crippen molar-refractivity contribution in [2.75, 3.05) is 13.7 Å². The molecule has 1 heterocycles. The van der Waals surface area contributed by atoms with E-state index in [1.54, 1.807) is 19.4 Å². The highest BCUT2D eigenvalue weighted by molar-refractivity contribution is 5.92. The highest BCUT2D eigenvalue weighted by Gasteiger charge is 2.08. The summed E-state index contributed by atoms with van der Waals surface area (Å²) < 4.78 is 5.31. The van der Waals surface area contributed by atoms with Crippen molar-refractivity contribution in [3.63, 3.8) is 0 Å². The van der Waals surface area contributed by atoms with E-state index in [4.69, 9.17) is 4.74 Å². The van der Waals surface area contributed by atoms with Crippen molar-refractivity contribution < 1.29 is 9.53 Å². The smallest absolute Gasteiger partial charge is 0.269 e. The van der Waals surface area contributed by atoms with Crippen molar-refractivity contribution in [1.29, 1.82) is 0 Å². The molecule has 0 saturated heterocycles. The topological polar surface area (TPSA) is 51.2 Å². The molecule has 0 aliphatic heterocycles. The molecule has 0 aliphatic rings. The Morgan fingerprint density at radius 2 is 2.05 bits per heavy atom. The lowest BCUT2D eigenvalue weighted by Gasteiger charge is -2.08. The van der Waals surface area contributed by atoms with Gasteiger partial charge in [-0.05, 0) is 19.1 Å². The van der Waals surface area contributed by atoms with Gasteiger partial charge in [-0.15, -0.1) is 0 Å². The van der Waals surface area contributed by atoms with Crippen LogP contribution < -0.4 is 10.1 Å². The number of hydrogen-bond donors (Lipinski definition) is 1. The minimum Gasteiger partial charge on any atom is -0.496 e. The van der Waals surface area contributed by atoms with Crippen LogP contribution in [0.4, 0.5) is 0 Å². The summed E-state index contributed by atoms with van der Waals surface area (Å²) in [6.07, 6.45) is 1.68.